The second-order valence-electron chi connectivity index (χ2n) is 7.04. The predicted molar refractivity (Wildman–Crippen MR) is 86.0 cm³/mol. The van der Waals surface area contributed by atoms with Crippen molar-refractivity contribution in [3.05, 3.63) is 0 Å². The third-order valence-electron chi connectivity index (χ3n) is 5.28. The zero-order valence-electron chi connectivity index (χ0n) is 13.8. The summed E-state index contributed by atoms with van der Waals surface area (Å²) in [6.07, 6.45) is 2.50. The van der Waals surface area contributed by atoms with Crippen LogP contribution in [0.3, 0.4) is 0 Å². The average molecular weight is 282 g/mol. The Labute approximate surface area is 125 Å². The third kappa shape index (κ3) is 3.73. The highest BCUT2D eigenvalue weighted by atomic mass is 15.3. The van der Waals surface area contributed by atoms with Gasteiger partial charge in [0.25, 0.3) is 0 Å². The van der Waals surface area contributed by atoms with Crippen molar-refractivity contribution in [3.63, 3.8) is 0 Å². The first-order chi connectivity index (χ1) is 9.59. The highest BCUT2D eigenvalue weighted by Crippen LogP contribution is 2.29. The molecular weight excluding hydrogens is 248 g/mol. The van der Waals surface area contributed by atoms with E-state index in [0.717, 1.165) is 12.5 Å². The second kappa shape index (κ2) is 7.21. The van der Waals surface area contributed by atoms with Crippen molar-refractivity contribution in [2.45, 2.75) is 39.2 Å². The van der Waals surface area contributed by atoms with Gasteiger partial charge in [-0.2, -0.15) is 0 Å². The molecule has 2 aliphatic heterocycles. The van der Waals surface area contributed by atoms with Gasteiger partial charge < -0.3 is 15.5 Å². The van der Waals surface area contributed by atoms with Crippen molar-refractivity contribution in [1.82, 2.24) is 14.7 Å². The van der Waals surface area contributed by atoms with E-state index < -0.39 is 0 Å². The van der Waals surface area contributed by atoms with Gasteiger partial charge in [0.15, 0.2) is 0 Å². The van der Waals surface area contributed by atoms with Gasteiger partial charge in [0.2, 0.25) is 0 Å². The number of piperazine rings is 1. The van der Waals surface area contributed by atoms with Gasteiger partial charge in [-0.25, -0.2) is 0 Å². The van der Waals surface area contributed by atoms with Crippen LogP contribution in [0.15, 0.2) is 0 Å². The number of likely N-dealkylation sites (tertiary alicyclic amines) is 1. The van der Waals surface area contributed by atoms with Gasteiger partial charge in [-0.1, -0.05) is 20.8 Å². The Bertz CT molecular complexity index is 276. The topological polar surface area (TPSA) is 35.7 Å². The molecule has 0 aromatic carbocycles. The minimum Gasteiger partial charge on any atom is -0.329 e. The van der Waals surface area contributed by atoms with Crippen LogP contribution in [0.5, 0.6) is 0 Å². The van der Waals surface area contributed by atoms with Gasteiger partial charge in [-0.3, -0.25) is 4.90 Å². The molecule has 0 aromatic heterocycles. The van der Waals surface area contributed by atoms with Crippen LogP contribution in [0.25, 0.3) is 0 Å². The summed E-state index contributed by atoms with van der Waals surface area (Å²) in [6, 6.07) is 0. The fraction of sp³-hybridized carbons (Fsp3) is 1.00. The lowest BCUT2D eigenvalue weighted by Crippen LogP contribution is -2.63. The number of piperidine rings is 1. The first kappa shape index (κ1) is 16.2. The van der Waals surface area contributed by atoms with Gasteiger partial charge in [0.05, 0.1) is 0 Å². The molecule has 2 N–H and O–H groups in total. The number of rotatable bonds is 5. The van der Waals surface area contributed by atoms with Gasteiger partial charge >= 0.3 is 0 Å². The van der Waals surface area contributed by atoms with Crippen LogP contribution in [-0.4, -0.2) is 79.1 Å². The minimum atomic E-state index is 0.287. The first-order valence-corrected chi connectivity index (χ1v) is 8.49. The lowest BCUT2D eigenvalue weighted by molar-refractivity contribution is -0.00659. The molecule has 0 unspecified atom stereocenters. The Kier molecular flexibility index (Phi) is 5.84. The largest absolute Gasteiger partial charge is 0.329 e. The molecule has 0 spiro atoms. The zero-order valence-corrected chi connectivity index (χ0v) is 13.8. The van der Waals surface area contributed by atoms with Crippen LogP contribution in [0.1, 0.15) is 33.6 Å². The lowest BCUT2D eigenvalue weighted by Gasteiger charge is -2.51. The molecule has 0 saturated carbocycles. The summed E-state index contributed by atoms with van der Waals surface area (Å²) in [5.41, 5.74) is 6.48. The van der Waals surface area contributed by atoms with Crippen molar-refractivity contribution >= 4 is 0 Å². The Morgan fingerprint density at radius 2 is 1.55 bits per heavy atom. The normalized spacial score (nSPS) is 26.2. The van der Waals surface area contributed by atoms with Gasteiger partial charge in [-0.15, -0.1) is 0 Å². The third-order valence-corrected chi connectivity index (χ3v) is 5.28. The summed E-state index contributed by atoms with van der Waals surface area (Å²) in [5, 5.41) is 0. The standard InChI is InChI=1S/C16H34N4/c1-4-18-7-5-16(14-17,6-8-18)20-11-9-19(10-12-20)13-15(2)3/h15H,4-14,17H2,1-3H3. The van der Waals surface area contributed by atoms with Crippen LogP contribution < -0.4 is 5.73 Å². The van der Waals surface area contributed by atoms with Crippen LogP contribution in [0, 0.1) is 5.92 Å². The Morgan fingerprint density at radius 3 is 2.00 bits per heavy atom. The van der Waals surface area contributed by atoms with Crippen molar-refractivity contribution in [2.75, 3.05) is 58.9 Å². The van der Waals surface area contributed by atoms with Crippen LogP contribution in [0.2, 0.25) is 0 Å². The molecular formula is C16H34N4. The molecule has 2 saturated heterocycles. The highest BCUT2D eigenvalue weighted by molar-refractivity contribution is 4.97. The van der Waals surface area contributed by atoms with E-state index in [1.807, 2.05) is 0 Å². The molecule has 118 valence electrons. The van der Waals surface area contributed by atoms with Gasteiger partial charge in [-0.05, 0) is 38.4 Å². The SMILES string of the molecule is CCN1CCC(CN)(N2CCN(CC(C)C)CC2)CC1. The molecule has 0 radical (unpaired) electrons. The molecule has 2 aliphatic rings. The van der Waals surface area contributed by atoms with Gasteiger partial charge in [0.1, 0.15) is 0 Å². The molecule has 2 fully saturated rings. The summed E-state index contributed by atoms with van der Waals surface area (Å²) < 4.78 is 0. The number of hydrogen-bond donors (Lipinski definition) is 1. The van der Waals surface area contributed by atoms with E-state index in [1.54, 1.807) is 0 Å². The van der Waals surface area contributed by atoms with E-state index in [4.69, 9.17) is 5.73 Å². The second-order valence-corrected chi connectivity index (χ2v) is 7.04. The monoisotopic (exact) mass is 282 g/mol. The maximum atomic E-state index is 6.20. The van der Waals surface area contributed by atoms with E-state index in [-0.39, 0.29) is 5.54 Å². The molecule has 4 heteroatoms. The Hall–Kier alpha value is -0.160. The van der Waals surface area contributed by atoms with E-state index in [9.17, 15) is 0 Å². The fourth-order valence-corrected chi connectivity index (χ4v) is 3.86. The maximum absolute atomic E-state index is 6.20. The summed E-state index contributed by atoms with van der Waals surface area (Å²) in [6.45, 7) is 17.4. The summed E-state index contributed by atoms with van der Waals surface area (Å²) in [7, 11) is 0. The highest BCUT2D eigenvalue weighted by Gasteiger charge is 2.39. The quantitative estimate of drug-likeness (QED) is 0.818. The van der Waals surface area contributed by atoms with Crippen LogP contribution in [-0.2, 0) is 0 Å². The van der Waals surface area contributed by atoms with Crippen LogP contribution >= 0.6 is 0 Å². The molecule has 20 heavy (non-hydrogen) atoms. The smallest absolute Gasteiger partial charge is 0.0357 e. The van der Waals surface area contributed by atoms with Gasteiger partial charge in [0, 0.05) is 44.8 Å². The molecule has 2 rings (SSSR count). The average Bonchev–Trinajstić information content (AvgIpc) is 2.47. The van der Waals surface area contributed by atoms with Crippen LogP contribution in [0.4, 0.5) is 0 Å². The van der Waals surface area contributed by atoms with Crippen molar-refractivity contribution < 1.29 is 0 Å². The number of nitrogens with two attached hydrogens (primary N) is 1. The molecule has 0 amide bonds. The maximum Gasteiger partial charge on any atom is 0.0357 e. The lowest BCUT2D eigenvalue weighted by atomic mass is 9.85. The first-order valence-electron chi connectivity index (χ1n) is 8.49. The molecule has 0 aromatic rings. The Morgan fingerprint density at radius 1 is 0.950 bits per heavy atom. The zero-order chi connectivity index (χ0) is 14.6. The molecule has 0 bridgehead atoms. The van der Waals surface area contributed by atoms with E-state index in [1.165, 1.54) is 65.2 Å². The molecule has 4 nitrogen and oxygen atoms in total. The van der Waals surface area contributed by atoms with Crippen molar-refractivity contribution in [3.8, 4) is 0 Å². The fourth-order valence-electron chi connectivity index (χ4n) is 3.86. The molecule has 2 heterocycles. The van der Waals surface area contributed by atoms with Crippen molar-refractivity contribution in [1.29, 1.82) is 0 Å². The molecule has 0 atom stereocenters. The summed E-state index contributed by atoms with van der Waals surface area (Å²) in [4.78, 5) is 7.88. The van der Waals surface area contributed by atoms with E-state index in [0.29, 0.717) is 0 Å². The predicted octanol–water partition coefficient (Wildman–Crippen LogP) is 1.07. The molecule has 0 aliphatic carbocycles. The Balaban J connectivity index is 1.87. The summed E-state index contributed by atoms with van der Waals surface area (Å²) >= 11 is 0. The summed E-state index contributed by atoms with van der Waals surface area (Å²) in [5.74, 6) is 0.776. The van der Waals surface area contributed by atoms with Crippen molar-refractivity contribution in [2.24, 2.45) is 11.7 Å². The minimum absolute atomic E-state index is 0.287. The van der Waals surface area contributed by atoms with E-state index in [2.05, 4.69) is 35.5 Å². The number of hydrogen-bond acceptors (Lipinski definition) is 4. The van der Waals surface area contributed by atoms with E-state index >= 15 is 0 Å². The number of nitrogens with zero attached hydrogens (tertiary/aromatic N) is 3.